The number of carbonyl (C=O) groups is 2. The molecule has 7 nitrogen and oxygen atoms in total. The Bertz CT molecular complexity index is 1070. The van der Waals surface area contributed by atoms with Crippen molar-refractivity contribution in [2.24, 2.45) is 0 Å². The molecule has 1 fully saturated rings. The minimum absolute atomic E-state index is 0.0538. The van der Waals surface area contributed by atoms with Crippen LogP contribution in [0.2, 0.25) is 0 Å². The highest BCUT2D eigenvalue weighted by Crippen LogP contribution is 2.41. The van der Waals surface area contributed by atoms with Crippen LogP contribution in [0.1, 0.15) is 61.3 Å². The van der Waals surface area contributed by atoms with Crippen molar-refractivity contribution in [3.05, 3.63) is 58.9 Å². The van der Waals surface area contributed by atoms with Gasteiger partial charge in [0.15, 0.2) is 11.5 Å². The van der Waals surface area contributed by atoms with Crippen molar-refractivity contribution in [3.8, 4) is 11.5 Å². The fourth-order valence-electron chi connectivity index (χ4n) is 5.40. The molecule has 0 aromatic heterocycles. The van der Waals surface area contributed by atoms with E-state index >= 15 is 0 Å². The van der Waals surface area contributed by atoms with Gasteiger partial charge in [0, 0.05) is 32.6 Å². The summed E-state index contributed by atoms with van der Waals surface area (Å²) in [4.78, 5) is 29.7. The second kappa shape index (κ2) is 11.6. The standard InChI is InChI=1S/C28H36FN3O4/c1-31(22-7-5-4-6-8-22)26(33)13-15-30-28(34)32-16-14-20-17-24(35-2)25(36-3)18-23(20)27(32)19-9-11-21(29)12-10-19/h9-12,17-18,22,27H,4-8,13-16H2,1-3H3,(H,30,34)/t27-/m1/s1. The molecule has 36 heavy (non-hydrogen) atoms. The number of amides is 3. The second-order valence-electron chi connectivity index (χ2n) is 9.58. The highest BCUT2D eigenvalue weighted by Gasteiger charge is 2.33. The number of urea groups is 1. The lowest BCUT2D eigenvalue weighted by molar-refractivity contribution is -0.132. The van der Waals surface area contributed by atoms with Gasteiger partial charge in [0.05, 0.1) is 20.3 Å². The zero-order chi connectivity index (χ0) is 25.7. The minimum Gasteiger partial charge on any atom is -0.493 e. The van der Waals surface area contributed by atoms with Crippen molar-refractivity contribution in [2.45, 2.75) is 57.0 Å². The van der Waals surface area contributed by atoms with E-state index in [9.17, 15) is 14.0 Å². The number of halogens is 1. The van der Waals surface area contributed by atoms with Crippen LogP contribution in [0.3, 0.4) is 0 Å². The van der Waals surface area contributed by atoms with Gasteiger partial charge in [-0.25, -0.2) is 9.18 Å². The number of hydrogen-bond acceptors (Lipinski definition) is 4. The third-order valence-corrected chi connectivity index (χ3v) is 7.45. The average molecular weight is 498 g/mol. The summed E-state index contributed by atoms with van der Waals surface area (Å²) < 4.78 is 24.7. The van der Waals surface area contributed by atoms with E-state index in [2.05, 4.69) is 5.32 Å². The molecule has 1 aliphatic heterocycles. The van der Waals surface area contributed by atoms with E-state index < -0.39 is 6.04 Å². The van der Waals surface area contributed by atoms with E-state index in [1.807, 2.05) is 24.1 Å². The monoisotopic (exact) mass is 497 g/mol. The highest BCUT2D eigenvalue weighted by atomic mass is 19.1. The SMILES string of the molecule is COc1cc2c(cc1OC)[C@@H](c1ccc(F)cc1)N(C(=O)NCCC(=O)N(C)C1CCCCC1)CC2. The molecule has 2 aliphatic rings. The summed E-state index contributed by atoms with van der Waals surface area (Å²) in [7, 11) is 5.04. The zero-order valence-electron chi connectivity index (χ0n) is 21.4. The predicted molar refractivity (Wildman–Crippen MR) is 136 cm³/mol. The normalized spacial score (nSPS) is 17.8. The van der Waals surface area contributed by atoms with Crippen LogP contribution in [0, 0.1) is 5.82 Å². The Kier molecular flexibility index (Phi) is 8.33. The lowest BCUT2D eigenvalue weighted by Gasteiger charge is -2.38. The molecule has 194 valence electrons. The number of hydrogen-bond donors (Lipinski definition) is 1. The number of ether oxygens (including phenoxy) is 2. The molecule has 1 heterocycles. The molecular weight excluding hydrogens is 461 g/mol. The second-order valence-corrected chi connectivity index (χ2v) is 9.58. The van der Waals surface area contributed by atoms with Gasteiger partial charge in [0.25, 0.3) is 0 Å². The molecule has 1 N–H and O–H groups in total. The van der Waals surface area contributed by atoms with Crippen LogP contribution < -0.4 is 14.8 Å². The van der Waals surface area contributed by atoms with Crippen molar-refractivity contribution in [1.82, 2.24) is 15.1 Å². The number of nitrogens with zero attached hydrogens (tertiary/aromatic N) is 2. The molecule has 3 amide bonds. The lowest BCUT2D eigenvalue weighted by Crippen LogP contribution is -2.47. The topological polar surface area (TPSA) is 71.1 Å². The lowest BCUT2D eigenvalue weighted by atomic mass is 9.88. The molecule has 0 bridgehead atoms. The van der Waals surface area contributed by atoms with Crippen molar-refractivity contribution in [1.29, 1.82) is 0 Å². The Morgan fingerprint density at radius 3 is 2.39 bits per heavy atom. The number of benzene rings is 2. The van der Waals surface area contributed by atoms with Crippen LogP contribution in [-0.2, 0) is 11.2 Å². The highest BCUT2D eigenvalue weighted by molar-refractivity contribution is 5.79. The van der Waals surface area contributed by atoms with E-state index in [0.29, 0.717) is 30.5 Å². The Hall–Kier alpha value is -3.29. The Morgan fingerprint density at radius 1 is 1.06 bits per heavy atom. The molecule has 1 saturated carbocycles. The fraction of sp³-hybridized carbons (Fsp3) is 0.500. The first-order valence-corrected chi connectivity index (χ1v) is 12.7. The number of methoxy groups -OCH3 is 2. The number of fused-ring (bicyclic) bond motifs is 1. The van der Waals surface area contributed by atoms with Crippen LogP contribution in [-0.4, -0.2) is 62.1 Å². The predicted octanol–water partition coefficient (Wildman–Crippen LogP) is 4.68. The van der Waals surface area contributed by atoms with Crippen LogP contribution >= 0.6 is 0 Å². The van der Waals surface area contributed by atoms with Crippen LogP contribution in [0.15, 0.2) is 36.4 Å². The van der Waals surface area contributed by atoms with Gasteiger partial charge in [-0.3, -0.25) is 4.79 Å². The van der Waals surface area contributed by atoms with Crippen LogP contribution in [0.5, 0.6) is 11.5 Å². The molecule has 0 unspecified atom stereocenters. The summed E-state index contributed by atoms with van der Waals surface area (Å²) in [6.45, 7) is 0.742. The van der Waals surface area contributed by atoms with Crippen LogP contribution in [0.25, 0.3) is 0 Å². The summed E-state index contributed by atoms with van der Waals surface area (Å²) in [6, 6.07) is 9.68. The third kappa shape index (κ3) is 5.58. The van der Waals surface area contributed by atoms with Crippen molar-refractivity contribution >= 4 is 11.9 Å². The van der Waals surface area contributed by atoms with Gasteiger partial charge in [0.1, 0.15) is 5.82 Å². The Balaban J connectivity index is 1.50. The third-order valence-electron chi connectivity index (χ3n) is 7.45. The first-order chi connectivity index (χ1) is 17.4. The quantitative estimate of drug-likeness (QED) is 0.603. The van der Waals surface area contributed by atoms with Crippen molar-refractivity contribution < 1.29 is 23.5 Å². The van der Waals surface area contributed by atoms with E-state index in [-0.39, 0.29) is 30.7 Å². The van der Waals surface area contributed by atoms with E-state index in [0.717, 1.165) is 42.4 Å². The van der Waals surface area contributed by atoms with E-state index in [4.69, 9.17) is 9.47 Å². The molecule has 2 aromatic carbocycles. The average Bonchev–Trinajstić information content (AvgIpc) is 2.92. The van der Waals surface area contributed by atoms with Crippen molar-refractivity contribution in [2.75, 3.05) is 34.4 Å². The maximum absolute atomic E-state index is 13.7. The molecule has 1 atom stereocenters. The van der Waals surface area contributed by atoms with Gasteiger partial charge >= 0.3 is 6.03 Å². The summed E-state index contributed by atoms with van der Waals surface area (Å²) in [5, 5.41) is 2.94. The molecule has 8 heteroatoms. The first-order valence-electron chi connectivity index (χ1n) is 12.7. The van der Waals surface area contributed by atoms with Gasteiger partial charge < -0.3 is 24.6 Å². The maximum Gasteiger partial charge on any atom is 0.318 e. The number of nitrogens with one attached hydrogen (secondary N) is 1. The number of carbonyl (C=O) groups excluding carboxylic acids is 2. The molecule has 0 radical (unpaired) electrons. The first kappa shape index (κ1) is 25.8. The Labute approximate surface area is 212 Å². The summed E-state index contributed by atoms with van der Waals surface area (Å²) >= 11 is 0. The van der Waals surface area contributed by atoms with Gasteiger partial charge in [-0.15, -0.1) is 0 Å². The van der Waals surface area contributed by atoms with Gasteiger partial charge in [-0.1, -0.05) is 31.4 Å². The molecule has 4 rings (SSSR count). The maximum atomic E-state index is 13.7. The van der Waals surface area contributed by atoms with Gasteiger partial charge in [-0.2, -0.15) is 0 Å². The molecular formula is C28H36FN3O4. The largest absolute Gasteiger partial charge is 0.493 e. The van der Waals surface area contributed by atoms with Crippen molar-refractivity contribution in [3.63, 3.8) is 0 Å². The molecule has 0 saturated heterocycles. The van der Waals surface area contributed by atoms with E-state index in [1.165, 1.54) is 18.6 Å². The molecule has 2 aromatic rings. The van der Waals surface area contributed by atoms with Crippen LogP contribution in [0.4, 0.5) is 9.18 Å². The summed E-state index contributed by atoms with van der Waals surface area (Å²) in [5.74, 6) is 0.923. The summed E-state index contributed by atoms with van der Waals surface area (Å²) in [6.07, 6.45) is 6.57. The summed E-state index contributed by atoms with van der Waals surface area (Å²) in [5.41, 5.74) is 2.76. The Morgan fingerprint density at radius 2 is 1.72 bits per heavy atom. The smallest absolute Gasteiger partial charge is 0.318 e. The van der Waals surface area contributed by atoms with Gasteiger partial charge in [-0.05, 0) is 60.2 Å². The van der Waals surface area contributed by atoms with Gasteiger partial charge in [0.2, 0.25) is 5.91 Å². The molecule has 0 spiro atoms. The molecule has 1 aliphatic carbocycles. The van der Waals surface area contributed by atoms with E-state index in [1.54, 1.807) is 31.3 Å². The fourth-order valence-corrected chi connectivity index (χ4v) is 5.40. The number of rotatable bonds is 7. The minimum atomic E-state index is -0.422. The zero-order valence-corrected chi connectivity index (χ0v) is 21.4.